The number of likely N-dealkylation sites (tertiary alicyclic amines) is 1. The highest BCUT2D eigenvalue weighted by Crippen LogP contribution is 2.43. The number of piperazine rings is 1. The zero-order valence-electron chi connectivity index (χ0n) is 38.4. The molecular formula is C52H62N6O5S3. The van der Waals surface area contributed by atoms with Crippen molar-refractivity contribution in [3.63, 3.8) is 0 Å². The molecule has 11 nitrogen and oxygen atoms in total. The van der Waals surface area contributed by atoms with Crippen molar-refractivity contribution in [2.75, 3.05) is 77.7 Å². The minimum Gasteiger partial charge on any atom is -0.393 e. The second-order valence-electron chi connectivity index (χ2n) is 17.5. The van der Waals surface area contributed by atoms with Crippen molar-refractivity contribution < 1.29 is 21.9 Å². The summed E-state index contributed by atoms with van der Waals surface area (Å²) in [5.41, 5.74) is 8.55. The molecule has 2 saturated heterocycles. The fourth-order valence-corrected chi connectivity index (χ4v) is 12.7. The van der Waals surface area contributed by atoms with Crippen LogP contribution in [0.5, 0.6) is 0 Å². The summed E-state index contributed by atoms with van der Waals surface area (Å²) in [4.78, 5) is 8.85. The Labute approximate surface area is 395 Å². The minimum atomic E-state index is -3.85. The van der Waals surface area contributed by atoms with Crippen molar-refractivity contribution in [2.24, 2.45) is 0 Å². The highest BCUT2D eigenvalue weighted by Gasteiger charge is 2.29. The van der Waals surface area contributed by atoms with Crippen LogP contribution in [0.25, 0.3) is 22.4 Å². The van der Waals surface area contributed by atoms with Crippen molar-refractivity contribution in [1.29, 1.82) is 0 Å². The molecule has 0 radical (unpaired) electrons. The zero-order chi connectivity index (χ0) is 46.4. The fraction of sp³-hybridized carbons (Fsp3) is 0.346. The maximum atomic E-state index is 13.7. The Balaban J connectivity index is 0.904. The van der Waals surface area contributed by atoms with Gasteiger partial charge in [-0.2, -0.15) is 0 Å². The number of hydrogen-bond donors (Lipinski definition) is 3. The molecule has 14 heteroatoms. The van der Waals surface area contributed by atoms with Crippen LogP contribution in [0.3, 0.4) is 0 Å². The van der Waals surface area contributed by atoms with E-state index in [1.54, 1.807) is 12.1 Å². The van der Waals surface area contributed by atoms with E-state index in [2.05, 4.69) is 65.7 Å². The summed E-state index contributed by atoms with van der Waals surface area (Å²) >= 11 is 1.81. The quantitative estimate of drug-likeness (QED) is 0.0762. The average Bonchev–Trinajstić information content (AvgIpc) is 3.64. The molecule has 0 unspecified atom stereocenters. The van der Waals surface area contributed by atoms with E-state index in [1.807, 2.05) is 111 Å². The van der Waals surface area contributed by atoms with Crippen molar-refractivity contribution in [3.8, 4) is 22.4 Å². The van der Waals surface area contributed by atoms with E-state index in [4.69, 9.17) is 0 Å². The third kappa shape index (κ3) is 11.1. The predicted molar refractivity (Wildman–Crippen MR) is 273 cm³/mol. The highest BCUT2D eigenvalue weighted by molar-refractivity contribution is 7.99. The summed E-state index contributed by atoms with van der Waals surface area (Å²) in [5, 5.41) is 13.7. The van der Waals surface area contributed by atoms with Gasteiger partial charge in [-0.05, 0) is 123 Å². The molecule has 0 bridgehead atoms. The summed E-state index contributed by atoms with van der Waals surface area (Å²) < 4.78 is 59.0. The number of aliphatic hydroxyl groups is 1. The molecule has 1 atom stereocenters. The SMILES string of the molecule is CCn1c(C)c(S(C)(=O)=O)c(-c2cccc(N3CCN(c4ccc(NS(=O)(=O)c5ccc(N[C@H](CCN6CCC(O)CC6)CSc6ccccc6)c(C)c5)cc4)CC3)c2)c1-c1ccccc1. The van der Waals surface area contributed by atoms with E-state index in [9.17, 15) is 21.9 Å². The van der Waals surface area contributed by atoms with Crippen molar-refractivity contribution in [3.05, 3.63) is 139 Å². The van der Waals surface area contributed by atoms with Crippen LogP contribution < -0.4 is 19.8 Å². The van der Waals surface area contributed by atoms with E-state index < -0.39 is 19.9 Å². The number of sulfone groups is 1. The fourth-order valence-electron chi connectivity index (χ4n) is 9.34. The average molecular weight is 947 g/mol. The van der Waals surface area contributed by atoms with Gasteiger partial charge in [-0.1, -0.05) is 60.7 Å². The van der Waals surface area contributed by atoms with Crippen LogP contribution in [-0.2, 0) is 26.4 Å². The molecule has 3 N–H and O–H groups in total. The standard InChI is InChI=1S/C52H62N6O5S3/c1-5-58-39(3)52(65(4,60)61)50(51(58)40-13-8-6-9-14-40)41-15-12-16-45(36-41)57-33-31-56(32-34-57)44-21-19-42(20-22-44)54-66(62,63)48-23-24-49(38(2)35-48)53-43(37-64-47-17-10-7-11-18-47)25-28-55-29-26-46(59)27-30-55/h6-24,35-36,43,46,53-54,59H,5,25-34,37H2,1-4H3/t43-/m1/s1. The maximum absolute atomic E-state index is 13.7. The van der Waals surface area contributed by atoms with E-state index in [0.717, 1.165) is 122 Å². The summed E-state index contributed by atoms with van der Waals surface area (Å²) in [7, 11) is -7.40. The lowest BCUT2D eigenvalue weighted by Crippen LogP contribution is -2.46. The molecule has 66 heavy (non-hydrogen) atoms. The largest absolute Gasteiger partial charge is 0.393 e. The lowest BCUT2D eigenvalue weighted by Gasteiger charge is -2.37. The monoisotopic (exact) mass is 946 g/mol. The van der Waals surface area contributed by atoms with Gasteiger partial charge in [0.2, 0.25) is 0 Å². The number of anilines is 4. The lowest BCUT2D eigenvalue weighted by atomic mass is 10.00. The second-order valence-corrected chi connectivity index (χ2v) is 22.2. The molecule has 6 aromatic rings. The Morgan fingerprint density at radius 3 is 2.00 bits per heavy atom. The van der Waals surface area contributed by atoms with Crippen LogP contribution in [-0.4, -0.2) is 101 Å². The molecule has 8 rings (SSSR count). The van der Waals surface area contributed by atoms with Gasteiger partial charge in [0.15, 0.2) is 9.84 Å². The summed E-state index contributed by atoms with van der Waals surface area (Å²) in [6.45, 7) is 12.3. The van der Waals surface area contributed by atoms with Gasteiger partial charge in [0.05, 0.1) is 21.6 Å². The number of benzene rings is 5. The van der Waals surface area contributed by atoms with Gasteiger partial charge in [0.25, 0.3) is 10.0 Å². The van der Waals surface area contributed by atoms with Crippen molar-refractivity contribution in [2.45, 2.75) is 73.4 Å². The van der Waals surface area contributed by atoms with Crippen molar-refractivity contribution >= 4 is 54.4 Å². The smallest absolute Gasteiger partial charge is 0.261 e. The second kappa shape index (κ2) is 20.7. The molecule has 0 spiro atoms. The Morgan fingerprint density at radius 2 is 1.36 bits per heavy atom. The van der Waals surface area contributed by atoms with E-state index in [1.165, 1.54) is 11.2 Å². The van der Waals surface area contributed by atoms with E-state index in [0.29, 0.717) is 17.1 Å². The van der Waals surface area contributed by atoms with Gasteiger partial charge < -0.3 is 29.7 Å². The maximum Gasteiger partial charge on any atom is 0.261 e. The van der Waals surface area contributed by atoms with Gasteiger partial charge in [-0.15, -0.1) is 11.8 Å². The third-order valence-corrected chi connectivity index (χ3v) is 16.7. The molecule has 2 aliphatic rings. The van der Waals surface area contributed by atoms with Crippen LogP contribution in [0.4, 0.5) is 22.7 Å². The number of hydrogen-bond acceptors (Lipinski definition) is 10. The number of rotatable bonds is 17. The third-order valence-electron chi connectivity index (χ3n) is 12.9. The number of aliphatic hydroxyl groups excluding tert-OH is 1. The Bertz CT molecular complexity index is 2810. The molecule has 2 aliphatic heterocycles. The molecule has 1 aromatic heterocycles. The number of sulfonamides is 1. The van der Waals surface area contributed by atoms with Gasteiger partial charge in [0.1, 0.15) is 0 Å². The molecule has 0 amide bonds. The van der Waals surface area contributed by atoms with Crippen LogP contribution >= 0.6 is 11.8 Å². The number of nitrogens with zero attached hydrogens (tertiary/aromatic N) is 4. The lowest BCUT2D eigenvalue weighted by molar-refractivity contribution is 0.0817. The topological polar surface area (TPSA) is 127 Å². The van der Waals surface area contributed by atoms with Crippen LogP contribution in [0.2, 0.25) is 0 Å². The molecular weight excluding hydrogens is 885 g/mol. The zero-order valence-corrected chi connectivity index (χ0v) is 40.8. The summed E-state index contributed by atoms with van der Waals surface area (Å²) in [6, 6.07) is 41.6. The van der Waals surface area contributed by atoms with Crippen LogP contribution in [0.1, 0.15) is 37.4 Å². The van der Waals surface area contributed by atoms with Crippen LogP contribution in [0.15, 0.2) is 142 Å². The summed E-state index contributed by atoms with van der Waals surface area (Å²) in [5.74, 6) is 0.863. The Hall–Kier alpha value is -5.25. The van der Waals surface area contributed by atoms with Crippen LogP contribution in [0, 0.1) is 13.8 Å². The van der Waals surface area contributed by atoms with Gasteiger partial charge in [-0.3, -0.25) is 4.72 Å². The van der Waals surface area contributed by atoms with E-state index in [-0.39, 0.29) is 17.0 Å². The number of thioether (sulfide) groups is 1. The molecule has 2 fully saturated rings. The Kier molecular flexibility index (Phi) is 14.8. The van der Waals surface area contributed by atoms with E-state index >= 15 is 0 Å². The summed E-state index contributed by atoms with van der Waals surface area (Å²) in [6.07, 6.45) is 3.65. The first-order valence-electron chi connectivity index (χ1n) is 22.9. The normalized spacial score (nSPS) is 15.8. The molecule has 3 heterocycles. The highest BCUT2D eigenvalue weighted by atomic mass is 32.2. The predicted octanol–water partition coefficient (Wildman–Crippen LogP) is 9.41. The molecule has 5 aromatic carbocycles. The van der Waals surface area contributed by atoms with Gasteiger partial charge in [-0.25, -0.2) is 16.8 Å². The van der Waals surface area contributed by atoms with Crippen molar-refractivity contribution in [1.82, 2.24) is 9.47 Å². The number of piperidine rings is 1. The molecule has 348 valence electrons. The van der Waals surface area contributed by atoms with Gasteiger partial charge >= 0.3 is 0 Å². The number of aryl methyl sites for hydroxylation is 1. The number of aromatic nitrogens is 1. The first kappa shape index (κ1) is 47.3. The molecule has 0 aliphatic carbocycles. The molecule has 0 saturated carbocycles. The minimum absolute atomic E-state index is 0.161. The number of nitrogens with one attached hydrogen (secondary N) is 2. The first-order chi connectivity index (χ1) is 31.8. The van der Waals surface area contributed by atoms with Gasteiger partial charge in [0, 0.05) is 109 Å². The Morgan fingerprint density at radius 1 is 0.727 bits per heavy atom. The first-order valence-corrected chi connectivity index (χ1v) is 27.3.